The molecule has 1 atom stereocenters. The lowest BCUT2D eigenvalue weighted by atomic mass is 10.1. The van der Waals surface area contributed by atoms with E-state index in [2.05, 4.69) is 4.90 Å². The summed E-state index contributed by atoms with van der Waals surface area (Å²) in [4.78, 5) is 2.35. The molecule has 26 heavy (non-hydrogen) atoms. The highest BCUT2D eigenvalue weighted by Crippen LogP contribution is 2.15. The van der Waals surface area contributed by atoms with Crippen molar-refractivity contribution in [1.29, 1.82) is 0 Å². The van der Waals surface area contributed by atoms with Gasteiger partial charge in [-0.2, -0.15) is 0 Å². The Bertz CT molecular complexity index is 624. The van der Waals surface area contributed by atoms with E-state index in [1.54, 1.807) is 0 Å². The Morgan fingerprint density at radius 1 is 0.846 bits per heavy atom. The van der Waals surface area contributed by atoms with Gasteiger partial charge in [0.1, 0.15) is 11.5 Å². The van der Waals surface area contributed by atoms with Crippen molar-refractivity contribution in [1.82, 2.24) is 4.90 Å². The van der Waals surface area contributed by atoms with Gasteiger partial charge in [0.15, 0.2) is 0 Å². The van der Waals surface area contributed by atoms with Crippen molar-refractivity contribution < 1.29 is 14.6 Å². The minimum absolute atomic E-state index is 0.296. The zero-order valence-corrected chi connectivity index (χ0v) is 15.3. The predicted octanol–water partition coefficient (Wildman–Crippen LogP) is 3.53. The van der Waals surface area contributed by atoms with Crippen LogP contribution in [0.2, 0.25) is 0 Å². The molecule has 2 aromatic carbocycles. The summed E-state index contributed by atoms with van der Waals surface area (Å²) in [5.41, 5.74) is 1.15. The average molecular weight is 355 g/mol. The largest absolute Gasteiger partial charge is 0.493 e. The highest BCUT2D eigenvalue weighted by atomic mass is 16.5. The minimum atomic E-state index is -0.296. The number of aliphatic hydroxyl groups excluding tert-OH is 1. The molecular formula is C22H29NO3. The lowest BCUT2D eigenvalue weighted by Gasteiger charge is -2.19. The van der Waals surface area contributed by atoms with Crippen LogP contribution in [0.1, 0.15) is 24.8 Å². The van der Waals surface area contributed by atoms with Gasteiger partial charge in [0.25, 0.3) is 0 Å². The van der Waals surface area contributed by atoms with Gasteiger partial charge in [-0.05, 0) is 62.2 Å². The first kappa shape index (κ1) is 18.7. The number of para-hydroxylation sites is 1. The molecule has 1 fully saturated rings. The van der Waals surface area contributed by atoms with Crippen LogP contribution >= 0.6 is 0 Å². The van der Waals surface area contributed by atoms with E-state index >= 15 is 0 Å². The zero-order valence-electron chi connectivity index (χ0n) is 15.3. The fraction of sp³-hybridized carbons (Fsp3) is 0.455. The molecule has 2 aromatic rings. The number of hydrogen-bond acceptors (Lipinski definition) is 4. The van der Waals surface area contributed by atoms with Crippen LogP contribution in [0.4, 0.5) is 0 Å². The molecular weight excluding hydrogens is 326 g/mol. The standard InChI is InChI=1S/C22H29NO3/c24-20(18-23-13-4-5-14-23)17-19-9-11-22(12-10-19)26-16-6-15-25-21-7-2-1-3-8-21/h1-3,7-12,20,24H,4-6,13-18H2. The van der Waals surface area contributed by atoms with Crippen molar-refractivity contribution in [2.45, 2.75) is 31.8 Å². The Balaban J connectivity index is 1.32. The van der Waals surface area contributed by atoms with Gasteiger partial charge >= 0.3 is 0 Å². The summed E-state index contributed by atoms with van der Waals surface area (Å²) in [7, 11) is 0. The smallest absolute Gasteiger partial charge is 0.119 e. The van der Waals surface area contributed by atoms with E-state index in [-0.39, 0.29) is 6.10 Å². The number of rotatable bonds is 10. The summed E-state index contributed by atoms with van der Waals surface area (Å²) in [6, 6.07) is 17.9. The molecule has 4 heteroatoms. The van der Waals surface area contributed by atoms with E-state index in [1.807, 2.05) is 54.6 Å². The van der Waals surface area contributed by atoms with Crippen molar-refractivity contribution in [2.75, 3.05) is 32.8 Å². The first-order valence-electron chi connectivity index (χ1n) is 9.59. The lowest BCUT2D eigenvalue weighted by molar-refractivity contribution is 0.125. The lowest BCUT2D eigenvalue weighted by Crippen LogP contribution is -2.31. The molecule has 1 aliphatic rings. The quantitative estimate of drug-likeness (QED) is 0.662. The third-order valence-electron chi connectivity index (χ3n) is 4.63. The maximum atomic E-state index is 10.2. The summed E-state index contributed by atoms with van der Waals surface area (Å²) in [5, 5.41) is 10.2. The second-order valence-corrected chi connectivity index (χ2v) is 6.87. The number of benzene rings is 2. The van der Waals surface area contributed by atoms with Crippen molar-refractivity contribution in [3.63, 3.8) is 0 Å². The topological polar surface area (TPSA) is 41.9 Å². The van der Waals surface area contributed by atoms with E-state index in [0.29, 0.717) is 19.6 Å². The summed E-state index contributed by atoms with van der Waals surface area (Å²) >= 11 is 0. The first-order chi connectivity index (χ1) is 12.8. The van der Waals surface area contributed by atoms with E-state index < -0.39 is 0 Å². The van der Waals surface area contributed by atoms with Gasteiger partial charge < -0.3 is 19.5 Å². The van der Waals surface area contributed by atoms with E-state index in [4.69, 9.17) is 9.47 Å². The number of ether oxygens (including phenoxy) is 2. The van der Waals surface area contributed by atoms with Crippen LogP contribution in [0.5, 0.6) is 11.5 Å². The second kappa shape index (κ2) is 10.2. The van der Waals surface area contributed by atoms with Gasteiger partial charge in [-0.3, -0.25) is 0 Å². The molecule has 0 bridgehead atoms. The van der Waals surface area contributed by atoms with Gasteiger partial charge in [-0.15, -0.1) is 0 Å². The van der Waals surface area contributed by atoms with Crippen LogP contribution in [0, 0.1) is 0 Å². The number of likely N-dealkylation sites (tertiary alicyclic amines) is 1. The monoisotopic (exact) mass is 355 g/mol. The van der Waals surface area contributed by atoms with Crippen molar-refractivity contribution >= 4 is 0 Å². The molecule has 0 saturated carbocycles. The Labute approximate surface area is 156 Å². The summed E-state index contributed by atoms with van der Waals surface area (Å²) in [6.45, 7) is 4.30. The second-order valence-electron chi connectivity index (χ2n) is 6.87. The first-order valence-corrected chi connectivity index (χ1v) is 9.59. The fourth-order valence-electron chi connectivity index (χ4n) is 3.28. The average Bonchev–Trinajstić information content (AvgIpc) is 3.16. The van der Waals surface area contributed by atoms with Crippen LogP contribution in [0.3, 0.4) is 0 Å². The maximum absolute atomic E-state index is 10.2. The molecule has 1 saturated heterocycles. The highest BCUT2D eigenvalue weighted by molar-refractivity contribution is 5.27. The van der Waals surface area contributed by atoms with Gasteiger partial charge in [-0.1, -0.05) is 30.3 Å². The Hall–Kier alpha value is -2.04. The third kappa shape index (κ3) is 6.36. The van der Waals surface area contributed by atoms with Gasteiger partial charge in [-0.25, -0.2) is 0 Å². The van der Waals surface area contributed by atoms with Crippen LogP contribution in [0.15, 0.2) is 54.6 Å². The van der Waals surface area contributed by atoms with Crippen molar-refractivity contribution in [3.8, 4) is 11.5 Å². The molecule has 0 spiro atoms. The SMILES string of the molecule is OC(Cc1ccc(OCCCOc2ccccc2)cc1)CN1CCCC1. The van der Waals surface area contributed by atoms with Crippen LogP contribution in [-0.4, -0.2) is 49.0 Å². The van der Waals surface area contributed by atoms with Gasteiger partial charge in [0.05, 0.1) is 19.3 Å². The minimum Gasteiger partial charge on any atom is -0.493 e. The van der Waals surface area contributed by atoms with Crippen LogP contribution < -0.4 is 9.47 Å². The molecule has 4 nitrogen and oxygen atoms in total. The fourth-order valence-corrected chi connectivity index (χ4v) is 3.28. The molecule has 1 unspecified atom stereocenters. The number of β-amino-alcohol motifs (C(OH)–C–C–N with tert-alkyl or cyclic N) is 1. The zero-order chi connectivity index (χ0) is 18.0. The summed E-state index contributed by atoms with van der Waals surface area (Å²) in [6.07, 6.45) is 3.76. The highest BCUT2D eigenvalue weighted by Gasteiger charge is 2.15. The number of hydrogen-bond donors (Lipinski definition) is 1. The van der Waals surface area contributed by atoms with Gasteiger partial charge in [0.2, 0.25) is 0 Å². The Morgan fingerprint density at radius 3 is 2.12 bits per heavy atom. The van der Waals surface area contributed by atoms with E-state index in [1.165, 1.54) is 12.8 Å². The number of aliphatic hydroxyl groups is 1. The molecule has 1 heterocycles. The molecule has 0 aromatic heterocycles. The molecule has 0 aliphatic carbocycles. The normalized spacial score (nSPS) is 15.7. The Kier molecular flexibility index (Phi) is 7.35. The van der Waals surface area contributed by atoms with Crippen LogP contribution in [-0.2, 0) is 6.42 Å². The third-order valence-corrected chi connectivity index (χ3v) is 4.63. The predicted molar refractivity (Wildman–Crippen MR) is 104 cm³/mol. The van der Waals surface area contributed by atoms with Crippen molar-refractivity contribution in [2.24, 2.45) is 0 Å². The maximum Gasteiger partial charge on any atom is 0.119 e. The van der Waals surface area contributed by atoms with Crippen LogP contribution in [0.25, 0.3) is 0 Å². The summed E-state index contributed by atoms with van der Waals surface area (Å²) < 4.78 is 11.4. The van der Waals surface area contributed by atoms with Crippen molar-refractivity contribution in [3.05, 3.63) is 60.2 Å². The number of nitrogens with zero attached hydrogens (tertiary/aromatic N) is 1. The molecule has 0 radical (unpaired) electrons. The molecule has 0 amide bonds. The molecule has 3 rings (SSSR count). The van der Waals surface area contributed by atoms with E-state index in [9.17, 15) is 5.11 Å². The van der Waals surface area contributed by atoms with E-state index in [0.717, 1.165) is 43.1 Å². The van der Waals surface area contributed by atoms with Gasteiger partial charge in [0, 0.05) is 13.0 Å². The molecule has 1 aliphatic heterocycles. The summed E-state index contributed by atoms with van der Waals surface area (Å²) in [5.74, 6) is 1.76. The Morgan fingerprint density at radius 2 is 1.46 bits per heavy atom. The molecule has 140 valence electrons. The molecule has 1 N–H and O–H groups in total.